The van der Waals surface area contributed by atoms with Crippen molar-refractivity contribution in [3.05, 3.63) is 47.0 Å². The van der Waals surface area contributed by atoms with E-state index >= 15 is 0 Å². The summed E-state index contributed by atoms with van der Waals surface area (Å²) in [6, 6.07) is 6.74. The van der Waals surface area contributed by atoms with Crippen molar-refractivity contribution < 1.29 is 4.39 Å². The van der Waals surface area contributed by atoms with E-state index in [0.29, 0.717) is 16.3 Å². The summed E-state index contributed by atoms with van der Waals surface area (Å²) in [5.74, 6) is -0.309. The SMILES string of the molecule is N#Cc1ccc(Cl)c(Nc2ncc(F)cn2)c1. The first-order valence-electron chi connectivity index (χ1n) is 4.63. The third-order valence-corrected chi connectivity index (χ3v) is 2.29. The molecule has 0 amide bonds. The maximum atomic E-state index is 12.6. The molecule has 2 rings (SSSR count). The van der Waals surface area contributed by atoms with Crippen LogP contribution in [0.15, 0.2) is 30.6 Å². The van der Waals surface area contributed by atoms with E-state index < -0.39 is 5.82 Å². The smallest absolute Gasteiger partial charge is 0.227 e. The number of hydrogen-bond donors (Lipinski definition) is 1. The predicted octanol–water partition coefficient (Wildman–Crippen LogP) is 2.88. The van der Waals surface area contributed by atoms with Gasteiger partial charge in [0.15, 0.2) is 5.82 Å². The second kappa shape index (κ2) is 4.76. The van der Waals surface area contributed by atoms with Crippen LogP contribution >= 0.6 is 11.6 Å². The second-order valence-corrected chi connectivity index (χ2v) is 3.56. The summed E-state index contributed by atoms with van der Waals surface area (Å²) < 4.78 is 12.6. The number of benzene rings is 1. The van der Waals surface area contributed by atoms with Gasteiger partial charge in [0.1, 0.15) is 0 Å². The minimum Gasteiger partial charge on any atom is -0.323 e. The number of aromatic nitrogens is 2. The van der Waals surface area contributed by atoms with Gasteiger partial charge in [-0.2, -0.15) is 5.26 Å². The first-order valence-corrected chi connectivity index (χ1v) is 5.01. The average Bonchev–Trinajstić information content (AvgIpc) is 2.35. The lowest BCUT2D eigenvalue weighted by Gasteiger charge is -2.06. The average molecular weight is 249 g/mol. The van der Waals surface area contributed by atoms with Crippen LogP contribution in [0.3, 0.4) is 0 Å². The van der Waals surface area contributed by atoms with E-state index in [1.807, 2.05) is 6.07 Å². The topological polar surface area (TPSA) is 61.6 Å². The zero-order valence-electron chi connectivity index (χ0n) is 8.48. The van der Waals surface area contributed by atoms with E-state index in [1.165, 1.54) is 0 Å². The Morgan fingerprint density at radius 2 is 2.00 bits per heavy atom. The molecule has 1 N–H and O–H groups in total. The van der Waals surface area contributed by atoms with E-state index in [2.05, 4.69) is 15.3 Å². The fourth-order valence-corrected chi connectivity index (χ4v) is 1.35. The Balaban J connectivity index is 2.29. The van der Waals surface area contributed by atoms with Crippen molar-refractivity contribution in [2.24, 2.45) is 0 Å². The lowest BCUT2D eigenvalue weighted by Crippen LogP contribution is -1.98. The van der Waals surface area contributed by atoms with Crippen LogP contribution in [0.25, 0.3) is 0 Å². The Labute approximate surface area is 102 Å². The normalized spacial score (nSPS) is 9.71. The summed E-state index contributed by atoms with van der Waals surface area (Å²) in [6.45, 7) is 0. The molecule has 0 aliphatic rings. The molecule has 1 aromatic carbocycles. The molecule has 1 heterocycles. The van der Waals surface area contributed by atoms with Crippen LogP contribution in [0.2, 0.25) is 5.02 Å². The highest BCUT2D eigenvalue weighted by Crippen LogP contribution is 2.24. The second-order valence-electron chi connectivity index (χ2n) is 3.16. The molecule has 0 radical (unpaired) electrons. The highest BCUT2D eigenvalue weighted by atomic mass is 35.5. The van der Waals surface area contributed by atoms with Crippen LogP contribution in [0.5, 0.6) is 0 Å². The van der Waals surface area contributed by atoms with Crippen molar-refractivity contribution in [1.82, 2.24) is 9.97 Å². The van der Waals surface area contributed by atoms with Crippen LogP contribution in [-0.4, -0.2) is 9.97 Å². The van der Waals surface area contributed by atoms with Gasteiger partial charge in [0.05, 0.1) is 34.7 Å². The summed E-state index contributed by atoms with van der Waals surface area (Å²) in [7, 11) is 0. The van der Waals surface area contributed by atoms with Crippen molar-refractivity contribution in [3.8, 4) is 6.07 Å². The van der Waals surface area contributed by atoms with Crippen LogP contribution in [-0.2, 0) is 0 Å². The molecule has 0 saturated heterocycles. The van der Waals surface area contributed by atoms with Gasteiger partial charge in [-0.05, 0) is 18.2 Å². The summed E-state index contributed by atoms with van der Waals surface area (Å²) in [6.07, 6.45) is 2.08. The lowest BCUT2D eigenvalue weighted by molar-refractivity contribution is 0.614. The molecule has 17 heavy (non-hydrogen) atoms. The number of hydrogen-bond acceptors (Lipinski definition) is 4. The highest BCUT2D eigenvalue weighted by molar-refractivity contribution is 6.33. The third kappa shape index (κ3) is 2.68. The highest BCUT2D eigenvalue weighted by Gasteiger charge is 2.04. The molecule has 1 aromatic heterocycles. The lowest BCUT2D eigenvalue weighted by atomic mass is 10.2. The molecule has 0 saturated carbocycles. The number of halogens is 2. The van der Waals surface area contributed by atoms with Crippen molar-refractivity contribution in [2.75, 3.05) is 5.32 Å². The standard InChI is InChI=1S/C11H6ClFN4/c12-9-2-1-7(4-14)3-10(9)17-11-15-5-8(13)6-16-11/h1-3,5-6H,(H,15,16,17). The molecule has 0 fully saturated rings. The maximum absolute atomic E-state index is 12.6. The van der Waals surface area contributed by atoms with E-state index in [0.717, 1.165) is 12.4 Å². The zero-order chi connectivity index (χ0) is 12.3. The Bertz CT molecular complexity index is 577. The molecular formula is C11H6ClFN4. The quantitative estimate of drug-likeness (QED) is 0.888. The van der Waals surface area contributed by atoms with Crippen LogP contribution in [0.1, 0.15) is 5.56 Å². The first-order chi connectivity index (χ1) is 8.19. The Morgan fingerprint density at radius 3 is 2.65 bits per heavy atom. The first kappa shape index (κ1) is 11.3. The van der Waals surface area contributed by atoms with Crippen LogP contribution < -0.4 is 5.32 Å². The molecule has 4 nitrogen and oxygen atoms in total. The zero-order valence-corrected chi connectivity index (χ0v) is 9.24. The monoisotopic (exact) mass is 248 g/mol. The number of rotatable bonds is 2. The largest absolute Gasteiger partial charge is 0.323 e. The van der Waals surface area contributed by atoms with E-state index in [9.17, 15) is 4.39 Å². The van der Waals surface area contributed by atoms with Gasteiger partial charge in [-0.15, -0.1) is 0 Å². The molecule has 0 atom stereocenters. The van der Waals surface area contributed by atoms with Gasteiger partial charge in [-0.3, -0.25) is 0 Å². The number of nitrogens with one attached hydrogen (secondary N) is 1. The minimum atomic E-state index is -0.521. The van der Waals surface area contributed by atoms with Gasteiger partial charge in [0.2, 0.25) is 5.95 Å². The van der Waals surface area contributed by atoms with Crippen molar-refractivity contribution in [3.63, 3.8) is 0 Å². The Morgan fingerprint density at radius 1 is 1.29 bits per heavy atom. The Kier molecular flexibility index (Phi) is 3.17. The number of nitrogens with zero attached hydrogens (tertiary/aromatic N) is 3. The van der Waals surface area contributed by atoms with Gasteiger partial charge in [-0.25, -0.2) is 14.4 Å². The number of anilines is 2. The van der Waals surface area contributed by atoms with Crippen molar-refractivity contribution >= 4 is 23.2 Å². The van der Waals surface area contributed by atoms with Crippen molar-refractivity contribution in [1.29, 1.82) is 5.26 Å². The minimum absolute atomic E-state index is 0.211. The van der Waals surface area contributed by atoms with Crippen LogP contribution in [0, 0.1) is 17.1 Å². The summed E-state index contributed by atoms with van der Waals surface area (Å²) in [4.78, 5) is 7.46. The van der Waals surface area contributed by atoms with Gasteiger partial charge < -0.3 is 5.32 Å². The van der Waals surface area contributed by atoms with E-state index in [-0.39, 0.29) is 5.95 Å². The molecule has 0 aliphatic heterocycles. The fraction of sp³-hybridized carbons (Fsp3) is 0. The third-order valence-electron chi connectivity index (χ3n) is 1.96. The molecule has 0 aliphatic carbocycles. The Hall–Kier alpha value is -2.19. The summed E-state index contributed by atoms with van der Waals surface area (Å²) >= 11 is 5.93. The molecule has 0 unspecified atom stereocenters. The molecule has 84 valence electrons. The van der Waals surface area contributed by atoms with Crippen LogP contribution in [0.4, 0.5) is 16.0 Å². The maximum Gasteiger partial charge on any atom is 0.227 e. The van der Waals surface area contributed by atoms with Gasteiger partial charge in [0, 0.05) is 0 Å². The molecular weight excluding hydrogens is 243 g/mol. The molecule has 6 heteroatoms. The molecule has 0 bridgehead atoms. The summed E-state index contributed by atoms with van der Waals surface area (Å²) in [5.41, 5.74) is 0.955. The van der Waals surface area contributed by atoms with E-state index in [1.54, 1.807) is 18.2 Å². The van der Waals surface area contributed by atoms with E-state index in [4.69, 9.17) is 16.9 Å². The molecule has 2 aromatic rings. The van der Waals surface area contributed by atoms with Gasteiger partial charge >= 0.3 is 0 Å². The molecule has 0 spiro atoms. The summed E-state index contributed by atoms with van der Waals surface area (Å²) in [5, 5.41) is 12.0. The fourth-order valence-electron chi connectivity index (χ4n) is 1.19. The van der Waals surface area contributed by atoms with Crippen molar-refractivity contribution in [2.45, 2.75) is 0 Å². The number of nitriles is 1. The predicted molar refractivity (Wildman–Crippen MR) is 61.4 cm³/mol. The van der Waals surface area contributed by atoms with Gasteiger partial charge in [-0.1, -0.05) is 11.6 Å². The van der Waals surface area contributed by atoms with Gasteiger partial charge in [0.25, 0.3) is 0 Å².